The van der Waals surface area contributed by atoms with Gasteiger partial charge in [-0.15, -0.1) is 0 Å². The Hall–Kier alpha value is -3.23. The standard InChI is InChI=1S/C27H31N3O5/c1-17(16-31)30-22(24(33)28-15-18-9-5-3-6-10-18)27-14-13-26(2,35-27)20(21(27)25(30)34)23(32)29-19-11-7-4-8-12-19/h3-12,17,20-22,31H,13-16H2,1-2H3,(H,28,33)(H,29,32)/t17-,20+,21+,22?,26-,27?/m1/s1. The van der Waals surface area contributed by atoms with Gasteiger partial charge in [-0.05, 0) is 44.4 Å². The minimum Gasteiger partial charge on any atom is -0.394 e. The largest absolute Gasteiger partial charge is 0.394 e. The molecule has 2 aromatic rings. The summed E-state index contributed by atoms with van der Waals surface area (Å²) < 4.78 is 6.56. The molecule has 184 valence electrons. The lowest BCUT2D eigenvalue weighted by Crippen LogP contribution is -2.57. The van der Waals surface area contributed by atoms with Crippen molar-refractivity contribution in [2.75, 3.05) is 11.9 Å². The summed E-state index contributed by atoms with van der Waals surface area (Å²) in [5.41, 5.74) is -0.397. The molecule has 2 unspecified atom stereocenters. The number of anilines is 1. The Morgan fingerprint density at radius 1 is 1.09 bits per heavy atom. The predicted molar refractivity (Wildman–Crippen MR) is 129 cm³/mol. The second-order valence-electron chi connectivity index (χ2n) is 10.1. The number of nitrogens with zero attached hydrogens (tertiary/aromatic N) is 1. The molecule has 3 heterocycles. The van der Waals surface area contributed by atoms with Crippen LogP contribution in [0.4, 0.5) is 5.69 Å². The molecule has 2 aromatic carbocycles. The van der Waals surface area contributed by atoms with Gasteiger partial charge in [0.15, 0.2) is 0 Å². The summed E-state index contributed by atoms with van der Waals surface area (Å²) >= 11 is 0. The van der Waals surface area contributed by atoms with Crippen molar-refractivity contribution >= 4 is 23.4 Å². The zero-order valence-corrected chi connectivity index (χ0v) is 19.9. The molecule has 1 spiro atoms. The summed E-state index contributed by atoms with van der Waals surface area (Å²) in [6.45, 7) is 3.58. The number of nitrogens with one attached hydrogen (secondary N) is 2. The number of carbonyl (C=O) groups excluding carboxylic acids is 3. The average Bonchev–Trinajstić information content (AvgIpc) is 3.44. The Balaban J connectivity index is 1.47. The molecular formula is C27H31N3O5. The van der Waals surface area contributed by atoms with E-state index in [4.69, 9.17) is 4.74 Å². The van der Waals surface area contributed by atoms with Crippen LogP contribution in [0.5, 0.6) is 0 Å². The van der Waals surface area contributed by atoms with Crippen molar-refractivity contribution in [1.29, 1.82) is 0 Å². The molecule has 3 aliphatic heterocycles. The fourth-order valence-corrected chi connectivity index (χ4v) is 6.25. The van der Waals surface area contributed by atoms with E-state index in [0.29, 0.717) is 25.1 Å². The van der Waals surface area contributed by atoms with Crippen LogP contribution in [0.1, 0.15) is 32.3 Å². The lowest BCUT2D eigenvalue weighted by molar-refractivity contribution is -0.148. The fraction of sp³-hybridized carbons (Fsp3) is 0.444. The predicted octanol–water partition coefficient (Wildman–Crippen LogP) is 2.09. The number of likely N-dealkylation sites (tertiary alicyclic amines) is 1. The molecular weight excluding hydrogens is 446 g/mol. The third-order valence-corrected chi connectivity index (χ3v) is 7.84. The highest BCUT2D eigenvalue weighted by molar-refractivity contribution is 6.02. The van der Waals surface area contributed by atoms with Crippen molar-refractivity contribution in [3.63, 3.8) is 0 Å². The van der Waals surface area contributed by atoms with Gasteiger partial charge < -0.3 is 25.4 Å². The number of ether oxygens (including phenoxy) is 1. The maximum atomic E-state index is 13.8. The number of para-hydroxylation sites is 1. The van der Waals surface area contributed by atoms with E-state index in [-0.39, 0.29) is 24.3 Å². The number of carbonyl (C=O) groups is 3. The monoisotopic (exact) mass is 477 g/mol. The first kappa shape index (κ1) is 23.5. The van der Waals surface area contributed by atoms with Crippen LogP contribution in [-0.2, 0) is 25.7 Å². The molecule has 0 radical (unpaired) electrons. The summed E-state index contributed by atoms with van der Waals surface area (Å²) in [7, 11) is 0. The topological polar surface area (TPSA) is 108 Å². The molecule has 6 atom stereocenters. The van der Waals surface area contributed by atoms with Crippen LogP contribution in [0, 0.1) is 11.8 Å². The van der Waals surface area contributed by atoms with Gasteiger partial charge in [0.05, 0.1) is 30.1 Å². The Kier molecular flexibility index (Phi) is 5.89. The van der Waals surface area contributed by atoms with Crippen LogP contribution in [0.15, 0.2) is 60.7 Å². The van der Waals surface area contributed by atoms with Crippen molar-refractivity contribution < 1.29 is 24.2 Å². The van der Waals surface area contributed by atoms with Crippen molar-refractivity contribution in [2.24, 2.45) is 11.8 Å². The number of rotatable bonds is 7. The number of hydrogen-bond acceptors (Lipinski definition) is 5. The highest BCUT2D eigenvalue weighted by Gasteiger charge is 2.78. The van der Waals surface area contributed by atoms with Gasteiger partial charge in [-0.2, -0.15) is 0 Å². The second kappa shape index (κ2) is 8.77. The van der Waals surface area contributed by atoms with Crippen molar-refractivity contribution in [1.82, 2.24) is 10.2 Å². The third kappa shape index (κ3) is 3.72. The zero-order chi connectivity index (χ0) is 24.8. The van der Waals surface area contributed by atoms with E-state index < -0.39 is 35.1 Å². The van der Waals surface area contributed by atoms with E-state index >= 15 is 0 Å². The van der Waals surface area contributed by atoms with Crippen LogP contribution in [-0.4, -0.2) is 57.6 Å². The molecule has 5 rings (SSSR count). The molecule has 3 aliphatic rings. The van der Waals surface area contributed by atoms with Crippen LogP contribution in [0.2, 0.25) is 0 Å². The first-order valence-corrected chi connectivity index (χ1v) is 12.1. The van der Waals surface area contributed by atoms with Crippen molar-refractivity contribution in [3.05, 3.63) is 66.2 Å². The molecule has 3 amide bonds. The average molecular weight is 478 g/mol. The molecule has 3 N–H and O–H groups in total. The highest BCUT2D eigenvalue weighted by Crippen LogP contribution is 2.63. The molecule has 0 aliphatic carbocycles. The quantitative estimate of drug-likeness (QED) is 0.566. The van der Waals surface area contributed by atoms with E-state index in [1.165, 1.54) is 4.90 Å². The SMILES string of the molecule is C[C@H](CO)N1C(=O)[C@@H]2[C@@H](C(=O)Nc3ccccc3)[C@@]3(C)CCC2(O3)C1C(=O)NCc1ccccc1. The third-order valence-electron chi connectivity index (χ3n) is 7.84. The van der Waals surface area contributed by atoms with E-state index in [9.17, 15) is 19.5 Å². The van der Waals surface area contributed by atoms with E-state index in [2.05, 4.69) is 10.6 Å². The van der Waals surface area contributed by atoms with Gasteiger partial charge in [-0.25, -0.2) is 0 Å². The van der Waals surface area contributed by atoms with Gasteiger partial charge in [0.1, 0.15) is 11.6 Å². The number of amides is 3. The van der Waals surface area contributed by atoms with Gasteiger partial charge >= 0.3 is 0 Å². The second-order valence-corrected chi connectivity index (χ2v) is 10.1. The summed E-state index contributed by atoms with van der Waals surface area (Å²) in [4.78, 5) is 42.4. The van der Waals surface area contributed by atoms with Crippen molar-refractivity contribution in [3.8, 4) is 0 Å². The molecule has 3 fully saturated rings. The summed E-state index contributed by atoms with van der Waals surface area (Å²) in [6, 6.07) is 17.1. The minimum atomic E-state index is -1.12. The van der Waals surface area contributed by atoms with Gasteiger partial charge in [-0.3, -0.25) is 14.4 Å². The summed E-state index contributed by atoms with van der Waals surface area (Å²) in [5, 5.41) is 15.8. The lowest BCUT2D eigenvalue weighted by atomic mass is 9.66. The fourth-order valence-electron chi connectivity index (χ4n) is 6.25. The molecule has 2 bridgehead atoms. The molecule has 0 aromatic heterocycles. The van der Waals surface area contributed by atoms with Crippen LogP contribution < -0.4 is 10.6 Å². The first-order valence-electron chi connectivity index (χ1n) is 12.1. The maximum absolute atomic E-state index is 13.8. The molecule has 0 saturated carbocycles. The van der Waals surface area contributed by atoms with Crippen molar-refractivity contribution in [2.45, 2.75) is 56.5 Å². The Morgan fingerprint density at radius 3 is 2.40 bits per heavy atom. The zero-order valence-electron chi connectivity index (χ0n) is 19.9. The number of hydrogen-bond donors (Lipinski definition) is 3. The van der Waals surface area contributed by atoms with E-state index in [1.807, 2.05) is 55.5 Å². The Bertz CT molecular complexity index is 1130. The van der Waals surface area contributed by atoms with E-state index in [1.54, 1.807) is 19.1 Å². The minimum absolute atomic E-state index is 0.291. The normalized spacial score (nSPS) is 31.8. The highest BCUT2D eigenvalue weighted by atomic mass is 16.5. The molecule has 8 heteroatoms. The number of fused-ring (bicyclic) bond motifs is 1. The molecule has 3 saturated heterocycles. The molecule has 8 nitrogen and oxygen atoms in total. The number of aliphatic hydroxyl groups is 1. The van der Waals surface area contributed by atoms with Gasteiger partial charge in [0.25, 0.3) is 0 Å². The first-order chi connectivity index (χ1) is 16.8. The molecule has 35 heavy (non-hydrogen) atoms. The Labute approximate surface area is 204 Å². The van der Waals surface area contributed by atoms with E-state index in [0.717, 1.165) is 5.56 Å². The van der Waals surface area contributed by atoms with Crippen LogP contribution >= 0.6 is 0 Å². The van der Waals surface area contributed by atoms with Crippen LogP contribution in [0.25, 0.3) is 0 Å². The van der Waals surface area contributed by atoms with Gasteiger partial charge in [-0.1, -0.05) is 48.5 Å². The summed E-state index contributed by atoms with van der Waals surface area (Å²) in [5.74, 6) is -2.49. The van der Waals surface area contributed by atoms with Gasteiger partial charge in [0.2, 0.25) is 17.7 Å². The Morgan fingerprint density at radius 2 is 1.74 bits per heavy atom. The number of aliphatic hydroxyl groups excluding tert-OH is 1. The summed E-state index contributed by atoms with van der Waals surface area (Å²) in [6.07, 6.45) is 1.06. The smallest absolute Gasteiger partial charge is 0.246 e. The van der Waals surface area contributed by atoms with Crippen LogP contribution in [0.3, 0.4) is 0 Å². The maximum Gasteiger partial charge on any atom is 0.246 e. The van der Waals surface area contributed by atoms with Gasteiger partial charge in [0, 0.05) is 12.2 Å². The lowest BCUT2D eigenvalue weighted by Gasteiger charge is -2.35. The number of benzene rings is 2.